The van der Waals surface area contributed by atoms with Crippen molar-refractivity contribution in [3.05, 3.63) is 62.8 Å². The zero-order chi connectivity index (χ0) is 15.6. The number of rotatable bonds is 3. The van der Waals surface area contributed by atoms with Gasteiger partial charge in [0.2, 0.25) is 0 Å². The van der Waals surface area contributed by atoms with Crippen LogP contribution in [0.2, 0.25) is 5.02 Å². The molecule has 0 spiro atoms. The van der Waals surface area contributed by atoms with Gasteiger partial charge in [-0.1, -0.05) is 11.6 Å². The molecule has 4 nitrogen and oxygen atoms in total. The predicted molar refractivity (Wildman–Crippen MR) is 82.0 cm³/mol. The molecule has 0 aromatic heterocycles. The van der Waals surface area contributed by atoms with Crippen molar-refractivity contribution in [3.63, 3.8) is 0 Å². The van der Waals surface area contributed by atoms with Crippen LogP contribution in [0, 0.1) is 5.82 Å². The molecule has 0 bridgehead atoms. The van der Waals surface area contributed by atoms with Crippen LogP contribution in [-0.4, -0.2) is 11.8 Å². The third-order valence-electron chi connectivity index (χ3n) is 2.67. The van der Waals surface area contributed by atoms with Crippen LogP contribution in [0.25, 0.3) is 0 Å². The fourth-order valence-electron chi connectivity index (χ4n) is 1.66. The van der Waals surface area contributed by atoms with E-state index in [0.29, 0.717) is 15.1 Å². The van der Waals surface area contributed by atoms with Crippen LogP contribution in [0.3, 0.4) is 0 Å². The number of nitrogens with one attached hydrogen (secondary N) is 1. The maximum Gasteiger partial charge on any atom is 0.256 e. The maximum atomic E-state index is 13.4. The smallest absolute Gasteiger partial charge is 0.256 e. The van der Waals surface area contributed by atoms with Crippen LogP contribution in [-0.2, 0) is 0 Å². The van der Waals surface area contributed by atoms with E-state index in [9.17, 15) is 14.0 Å². The lowest BCUT2D eigenvalue weighted by Gasteiger charge is -2.08. The summed E-state index contributed by atoms with van der Waals surface area (Å²) in [5, 5.41) is 3.04. The van der Waals surface area contributed by atoms with Crippen LogP contribution in [0.5, 0.6) is 0 Å². The number of hydrogen-bond donors (Lipinski definition) is 2. The first-order chi connectivity index (χ1) is 9.88. The number of benzene rings is 2. The Morgan fingerprint density at radius 1 is 1.14 bits per heavy atom. The molecule has 2 amide bonds. The Bertz CT molecular complexity index is 737. The number of carbonyl (C=O) groups excluding carboxylic acids is 2. The van der Waals surface area contributed by atoms with Crippen molar-refractivity contribution in [2.45, 2.75) is 0 Å². The summed E-state index contributed by atoms with van der Waals surface area (Å²) in [5.74, 6) is -2.08. The van der Waals surface area contributed by atoms with Gasteiger partial charge in [-0.3, -0.25) is 9.59 Å². The van der Waals surface area contributed by atoms with Gasteiger partial charge >= 0.3 is 0 Å². The third kappa shape index (κ3) is 3.59. The summed E-state index contributed by atoms with van der Waals surface area (Å²) in [6.07, 6.45) is 0. The number of amides is 2. The number of halogens is 3. The van der Waals surface area contributed by atoms with Crippen molar-refractivity contribution in [2.24, 2.45) is 5.73 Å². The highest BCUT2D eigenvalue weighted by molar-refractivity contribution is 9.10. The first-order valence-corrected chi connectivity index (χ1v) is 6.91. The molecule has 0 radical (unpaired) electrons. The van der Waals surface area contributed by atoms with E-state index in [1.807, 2.05) is 0 Å². The summed E-state index contributed by atoms with van der Waals surface area (Å²) >= 11 is 9.03. The van der Waals surface area contributed by atoms with E-state index in [2.05, 4.69) is 21.2 Å². The highest BCUT2D eigenvalue weighted by atomic mass is 79.9. The third-order valence-corrected chi connectivity index (χ3v) is 3.56. The SMILES string of the molecule is NC(=O)c1cc(NC(=O)c2ccc(Cl)cc2Br)ccc1F. The first kappa shape index (κ1) is 15.5. The van der Waals surface area contributed by atoms with E-state index in [4.69, 9.17) is 17.3 Å². The zero-order valence-corrected chi connectivity index (χ0v) is 12.8. The van der Waals surface area contributed by atoms with Gasteiger partial charge in [0.1, 0.15) is 5.82 Å². The van der Waals surface area contributed by atoms with Gasteiger partial charge in [-0.2, -0.15) is 0 Å². The summed E-state index contributed by atoms with van der Waals surface area (Å²) in [6, 6.07) is 8.27. The Balaban J connectivity index is 2.27. The highest BCUT2D eigenvalue weighted by Gasteiger charge is 2.13. The molecular formula is C14H9BrClFN2O2. The van der Waals surface area contributed by atoms with Gasteiger partial charge in [0.25, 0.3) is 11.8 Å². The second-order valence-corrected chi connectivity index (χ2v) is 5.43. The van der Waals surface area contributed by atoms with Crippen molar-refractivity contribution in [1.29, 1.82) is 0 Å². The van der Waals surface area contributed by atoms with E-state index in [0.717, 1.165) is 6.07 Å². The summed E-state index contributed by atoms with van der Waals surface area (Å²) in [7, 11) is 0. The molecule has 7 heteroatoms. The normalized spacial score (nSPS) is 10.2. The van der Waals surface area contributed by atoms with Gasteiger partial charge in [-0.25, -0.2) is 4.39 Å². The van der Waals surface area contributed by atoms with E-state index in [-0.39, 0.29) is 11.3 Å². The molecule has 21 heavy (non-hydrogen) atoms. The number of anilines is 1. The van der Waals surface area contributed by atoms with E-state index in [1.54, 1.807) is 18.2 Å². The Morgan fingerprint density at radius 3 is 2.48 bits per heavy atom. The second-order valence-electron chi connectivity index (χ2n) is 4.14. The predicted octanol–water partition coefficient (Wildman–Crippen LogP) is 3.59. The molecule has 0 atom stereocenters. The molecule has 0 aliphatic rings. The molecule has 108 valence electrons. The molecule has 0 aliphatic heterocycles. The zero-order valence-electron chi connectivity index (χ0n) is 10.5. The molecular weight excluding hydrogens is 363 g/mol. The maximum absolute atomic E-state index is 13.4. The molecule has 0 unspecified atom stereocenters. The molecule has 0 aliphatic carbocycles. The van der Waals surface area contributed by atoms with E-state index in [1.165, 1.54) is 12.1 Å². The number of primary amides is 1. The fraction of sp³-hybridized carbons (Fsp3) is 0. The van der Waals surface area contributed by atoms with Gasteiger partial charge in [0, 0.05) is 15.2 Å². The fourth-order valence-corrected chi connectivity index (χ4v) is 2.53. The highest BCUT2D eigenvalue weighted by Crippen LogP contribution is 2.23. The van der Waals surface area contributed by atoms with Crippen molar-refractivity contribution in [1.82, 2.24) is 0 Å². The molecule has 2 rings (SSSR count). The quantitative estimate of drug-likeness (QED) is 0.865. The van der Waals surface area contributed by atoms with Crippen molar-refractivity contribution in [3.8, 4) is 0 Å². The minimum absolute atomic E-state index is 0.261. The average molecular weight is 372 g/mol. The van der Waals surface area contributed by atoms with Crippen LogP contribution in [0.4, 0.5) is 10.1 Å². The Hall–Kier alpha value is -1.92. The number of nitrogens with two attached hydrogens (primary N) is 1. The topological polar surface area (TPSA) is 72.2 Å². The largest absolute Gasteiger partial charge is 0.366 e. The summed E-state index contributed by atoms with van der Waals surface area (Å²) < 4.78 is 13.9. The first-order valence-electron chi connectivity index (χ1n) is 5.74. The van der Waals surface area contributed by atoms with Gasteiger partial charge < -0.3 is 11.1 Å². The number of hydrogen-bond acceptors (Lipinski definition) is 2. The van der Waals surface area contributed by atoms with Crippen LogP contribution in [0.15, 0.2) is 40.9 Å². The van der Waals surface area contributed by atoms with E-state index >= 15 is 0 Å². The lowest BCUT2D eigenvalue weighted by molar-refractivity contribution is 0.0992. The average Bonchev–Trinajstić information content (AvgIpc) is 2.40. The van der Waals surface area contributed by atoms with Crippen molar-refractivity contribution < 1.29 is 14.0 Å². The molecule has 0 saturated carbocycles. The van der Waals surface area contributed by atoms with Gasteiger partial charge in [-0.05, 0) is 52.3 Å². The summed E-state index contributed by atoms with van der Waals surface area (Å²) in [6.45, 7) is 0. The van der Waals surface area contributed by atoms with Gasteiger partial charge in [0.05, 0.1) is 11.1 Å². The lowest BCUT2D eigenvalue weighted by atomic mass is 10.1. The molecule has 3 N–H and O–H groups in total. The second kappa shape index (κ2) is 6.24. The summed E-state index contributed by atoms with van der Waals surface area (Å²) in [5.41, 5.74) is 5.38. The molecule has 2 aromatic carbocycles. The number of carbonyl (C=O) groups is 2. The van der Waals surface area contributed by atoms with Crippen molar-refractivity contribution in [2.75, 3.05) is 5.32 Å². The molecule has 0 saturated heterocycles. The minimum Gasteiger partial charge on any atom is -0.366 e. The van der Waals surface area contributed by atoms with Crippen LogP contribution in [0.1, 0.15) is 20.7 Å². The lowest BCUT2D eigenvalue weighted by Crippen LogP contribution is -2.16. The molecule has 0 fully saturated rings. The van der Waals surface area contributed by atoms with E-state index < -0.39 is 17.6 Å². The van der Waals surface area contributed by atoms with Gasteiger partial charge in [0.15, 0.2) is 0 Å². The molecule has 0 heterocycles. The summed E-state index contributed by atoms with van der Waals surface area (Å²) in [4.78, 5) is 23.2. The minimum atomic E-state index is -0.906. The molecule has 2 aromatic rings. The Kier molecular flexibility index (Phi) is 4.59. The van der Waals surface area contributed by atoms with Crippen LogP contribution < -0.4 is 11.1 Å². The van der Waals surface area contributed by atoms with Gasteiger partial charge in [-0.15, -0.1) is 0 Å². The Labute approximate surface area is 133 Å². The Morgan fingerprint density at radius 2 is 1.86 bits per heavy atom. The van der Waals surface area contributed by atoms with Crippen LogP contribution >= 0.6 is 27.5 Å². The monoisotopic (exact) mass is 370 g/mol. The van der Waals surface area contributed by atoms with Crippen molar-refractivity contribution >= 4 is 45.0 Å². The standard InChI is InChI=1S/C14H9BrClFN2O2/c15-11-5-7(16)1-3-9(11)14(21)19-8-2-4-12(17)10(6-8)13(18)20/h1-6H,(H2,18,20)(H,19,21).